The van der Waals surface area contributed by atoms with E-state index < -0.39 is 5.97 Å². The second kappa shape index (κ2) is 11.5. The Labute approximate surface area is 113 Å². The van der Waals surface area contributed by atoms with Crippen molar-refractivity contribution in [2.75, 3.05) is 0 Å². The average molecular weight is 275 g/mol. The lowest BCUT2D eigenvalue weighted by atomic mass is 10.1. The van der Waals surface area contributed by atoms with Crippen molar-refractivity contribution in [3.05, 3.63) is 0 Å². The zero-order valence-corrected chi connectivity index (χ0v) is 12.0. The highest BCUT2D eigenvalue weighted by molar-refractivity contribution is 5.80. The van der Waals surface area contributed by atoms with Crippen LogP contribution in [-0.4, -0.2) is 28.9 Å². The number of rotatable bonds is 6. The number of nitrogens with two attached hydrogens (primary N) is 1. The first-order valence-electron chi connectivity index (χ1n) is 6.19. The van der Waals surface area contributed by atoms with Crippen molar-refractivity contribution in [2.24, 2.45) is 11.8 Å². The Morgan fingerprint density at radius 2 is 1.58 bits per heavy atom. The van der Waals surface area contributed by atoms with E-state index in [1.165, 1.54) is 0 Å². The fraction of sp³-hybridized carbons (Fsp3) is 0.750. The van der Waals surface area contributed by atoms with Crippen molar-refractivity contribution in [1.82, 2.24) is 10.7 Å². The molecule has 7 nitrogen and oxygen atoms in total. The van der Waals surface area contributed by atoms with Crippen LogP contribution in [0, 0.1) is 5.92 Å². The van der Waals surface area contributed by atoms with Crippen molar-refractivity contribution in [1.29, 1.82) is 0 Å². The molecule has 19 heavy (non-hydrogen) atoms. The molecule has 5 N–H and O–H groups in total. The molecule has 0 bridgehead atoms. The number of hydrogen-bond acceptors (Lipinski definition) is 4. The highest BCUT2D eigenvalue weighted by Crippen LogP contribution is 1.96. The number of carbonyl (C=O) groups is 3. The maximum Gasteiger partial charge on any atom is 0.303 e. The van der Waals surface area contributed by atoms with E-state index in [1.54, 1.807) is 0 Å². The van der Waals surface area contributed by atoms with Gasteiger partial charge in [-0.1, -0.05) is 13.8 Å². The molecule has 0 aromatic rings. The molecule has 0 saturated carbocycles. The Morgan fingerprint density at radius 3 is 1.84 bits per heavy atom. The molecule has 112 valence electrons. The van der Waals surface area contributed by atoms with Crippen LogP contribution in [0.5, 0.6) is 0 Å². The summed E-state index contributed by atoms with van der Waals surface area (Å²) in [5, 5.41) is 10.8. The zero-order chi connectivity index (χ0) is 15.4. The van der Waals surface area contributed by atoms with Gasteiger partial charge in [-0.2, -0.15) is 0 Å². The quantitative estimate of drug-likeness (QED) is 0.317. The maximum atomic E-state index is 10.8. The molecular weight excluding hydrogens is 250 g/mol. The van der Waals surface area contributed by atoms with Crippen LogP contribution in [0.4, 0.5) is 0 Å². The third-order valence-corrected chi connectivity index (χ3v) is 1.77. The number of hydrazine groups is 1. The smallest absolute Gasteiger partial charge is 0.303 e. The van der Waals surface area contributed by atoms with E-state index in [-0.39, 0.29) is 30.7 Å². The van der Waals surface area contributed by atoms with Gasteiger partial charge in [0.2, 0.25) is 11.8 Å². The number of hydrogen-bond donors (Lipinski definition) is 4. The Kier molecular flexibility index (Phi) is 11.9. The van der Waals surface area contributed by atoms with Crippen LogP contribution >= 0.6 is 0 Å². The summed E-state index contributed by atoms with van der Waals surface area (Å²) < 4.78 is 0. The predicted octanol–water partition coefficient (Wildman–Crippen LogP) is 0.398. The number of nitrogens with one attached hydrogen (secondary N) is 2. The minimum atomic E-state index is -0.941. The van der Waals surface area contributed by atoms with Gasteiger partial charge in [-0.25, -0.2) is 5.84 Å². The third kappa shape index (κ3) is 18.9. The molecule has 0 rings (SSSR count). The molecule has 7 heteroatoms. The highest BCUT2D eigenvalue weighted by atomic mass is 16.4. The largest absolute Gasteiger partial charge is 0.481 e. The summed E-state index contributed by atoms with van der Waals surface area (Å²) in [5.41, 5.74) is 2.06. The molecule has 0 heterocycles. The van der Waals surface area contributed by atoms with Gasteiger partial charge in [0.25, 0.3) is 0 Å². The van der Waals surface area contributed by atoms with E-state index in [9.17, 15) is 14.4 Å². The second-order valence-corrected chi connectivity index (χ2v) is 4.78. The van der Waals surface area contributed by atoms with Gasteiger partial charge in [-0.05, 0) is 19.8 Å². The van der Waals surface area contributed by atoms with Crippen LogP contribution in [0.25, 0.3) is 0 Å². The molecule has 0 aromatic carbocycles. The fourth-order valence-electron chi connectivity index (χ4n) is 1.04. The Hall–Kier alpha value is -1.63. The lowest BCUT2D eigenvalue weighted by Crippen LogP contribution is -2.30. The van der Waals surface area contributed by atoms with E-state index in [0.717, 1.165) is 0 Å². The number of amides is 2. The monoisotopic (exact) mass is 275 g/mol. The van der Waals surface area contributed by atoms with Crippen LogP contribution < -0.4 is 16.6 Å². The lowest BCUT2D eigenvalue weighted by molar-refractivity contribution is -0.138. The molecule has 0 aliphatic heterocycles. The molecule has 0 atom stereocenters. The molecule has 0 aliphatic carbocycles. The van der Waals surface area contributed by atoms with E-state index in [0.29, 0.717) is 12.3 Å². The number of carbonyl (C=O) groups excluding carboxylic acids is 2. The van der Waals surface area contributed by atoms with E-state index in [4.69, 9.17) is 10.9 Å². The fourth-order valence-corrected chi connectivity index (χ4v) is 1.04. The third-order valence-electron chi connectivity index (χ3n) is 1.77. The molecular formula is C12H25N3O4. The minimum Gasteiger partial charge on any atom is -0.481 e. The maximum absolute atomic E-state index is 10.8. The van der Waals surface area contributed by atoms with Crippen molar-refractivity contribution in [2.45, 2.75) is 53.0 Å². The molecule has 0 saturated heterocycles. The van der Waals surface area contributed by atoms with E-state index in [1.807, 2.05) is 27.7 Å². The molecule has 0 fully saturated rings. The normalized spacial score (nSPS) is 9.63. The van der Waals surface area contributed by atoms with Gasteiger partial charge in [0.1, 0.15) is 0 Å². The number of carboxylic acid groups (broad SMARTS) is 1. The summed E-state index contributed by atoms with van der Waals surface area (Å²) in [6.45, 7) is 7.60. The Morgan fingerprint density at radius 1 is 1.05 bits per heavy atom. The van der Waals surface area contributed by atoms with Gasteiger partial charge in [-0.15, -0.1) is 0 Å². The topological polar surface area (TPSA) is 122 Å². The van der Waals surface area contributed by atoms with Gasteiger partial charge in [0.05, 0.1) is 6.42 Å². The van der Waals surface area contributed by atoms with E-state index >= 15 is 0 Å². The summed E-state index contributed by atoms with van der Waals surface area (Å²) in [6, 6.07) is 0.0799. The van der Waals surface area contributed by atoms with Crippen molar-refractivity contribution in [3.8, 4) is 0 Å². The summed E-state index contributed by atoms with van der Waals surface area (Å²) in [7, 11) is 0. The molecule has 0 aromatic heterocycles. The van der Waals surface area contributed by atoms with Crippen LogP contribution in [0.15, 0.2) is 0 Å². The van der Waals surface area contributed by atoms with Crippen LogP contribution in [0.2, 0.25) is 0 Å². The summed E-state index contributed by atoms with van der Waals surface area (Å²) in [6.07, 6.45) is 0.475. The SMILES string of the molecule is CC(C)CC(=O)NN.CC(C)NC(=O)CCC(=O)O. The minimum absolute atomic E-state index is 0.0630. The van der Waals surface area contributed by atoms with Crippen molar-refractivity contribution < 1.29 is 19.5 Å². The highest BCUT2D eigenvalue weighted by Gasteiger charge is 2.05. The number of aliphatic carboxylic acids is 1. The second-order valence-electron chi connectivity index (χ2n) is 4.78. The molecule has 0 aliphatic rings. The zero-order valence-electron chi connectivity index (χ0n) is 12.0. The summed E-state index contributed by atoms with van der Waals surface area (Å²) in [4.78, 5) is 31.2. The lowest BCUT2D eigenvalue weighted by Gasteiger charge is -2.06. The van der Waals surface area contributed by atoms with Gasteiger partial charge in [-0.3, -0.25) is 19.8 Å². The summed E-state index contributed by atoms with van der Waals surface area (Å²) >= 11 is 0. The standard InChI is InChI=1S/C7H13NO3.C5H12N2O/c1-5(2)8-6(9)3-4-7(10)11;1-4(2)3-5(8)7-6/h5H,3-4H2,1-2H3,(H,8,9)(H,10,11);4H,3,6H2,1-2H3,(H,7,8). The molecule has 0 spiro atoms. The van der Waals surface area contributed by atoms with Crippen LogP contribution in [0.1, 0.15) is 47.0 Å². The first kappa shape index (κ1) is 19.7. The predicted molar refractivity (Wildman–Crippen MR) is 71.9 cm³/mol. The van der Waals surface area contributed by atoms with Gasteiger partial charge in [0, 0.05) is 18.9 Å². The Balaban J connectivity index is 0. The Bertz CT molecular complexity index is 291. The average Bonchev–Trinajstić information content (AvgIpc) is 2.25. The summed E-state index contributed by atoms with van der Waals surface area (Å²) in [5.74, 6) is 3.96. The first-order valence-corrected chi connectivity index (χ1v) is 6.19. The van der Waals surface area contributed by atoms with Gasteiger partial charge < -0.3 is 10.4 Å². The number of carboxylic acids is 1. The molecule has 0 radical (unpaired) electrons. The van der Waals surface area contributed by atoms with Gasteiger partial charge >= 0.3 is 5.97 Å². The van der Waals surface area contributed by atoms with Crippen molar-refractivity contribution >= 4 is 17.8 Å². The van der Waals surface area contributed by atoms with Gasteiger partial charge in [0.15, 0.2) is 0 Å². The molecule has 2 amide bonds. The van der Waals surface area contributed by atoms with Crippen molar-refractivity contribution in [3.63, 3.8) is 0 Å². The first-order chi connectivity index (χ1) is 8.68. The molecule has 0 unspecified atom stereocenters. The van der Waals surface area contributed by atoms with Crippen LogP contribution in [-0.2, 0) is 14.4 Å². The van der Waals surface area contributed by atoms with Crippen LogP contribution in [0.3, 0.4) is 0 Å². The van der Waals surface area contributed by atoms with E-state index in [2.05, 4.69) is 10.7 Å².